The van der Waals surface area contributed by atoms with E-state index in [2.05, 4.69) is 18.6 Å². The Balaban J connectivity index is 2.14. The van der Waals surface area contributed by atoms with Crippen molar-refractivity contribution in [2.24, 2.45) is 12.5 Å². The van der Waals surface area contributed by atoms with Gasteiger partial charge in [0, 0.05) is 25.0 Å². The predicted octanol–water partition coefficient (Wildman–Crippen LogP) is 1.76. The molecule has 2 rings (SSSR count). The second-order valence-corrected chi connectivity index (χ2v) is 8.23. The van der Waals surface area contributed by atoms with E-state index in [1.54, 1.807) is 17.8 Å². The molecule has 1 heterocycles. The van der Waals surface area contributed by atoms with Crippen LogP contribution in [0.25, 0.3) is 0 Å². The fraction of sp³-hybridized carbons (Fsp3) is 0.714. The van der Waals surface area contributed by atoms with Gasteiger partial charge >= 0.3 is 0 Å². The molecule has 0 spiro atoms. The van der Waals surface area contributed by atoms with Gasteiger partial charge in [0.25, 0.3) is 0 Å². The van der Waals surface area contributed by atoms with Crippen molar-refractivity contribution < 1.29 is 13.5 Å². The van der Waals surface area contributed by atoms with Crippen molar-refractivity contribution >= 4 is 10.0 Å². The molecule has 0 saturated heterocycles. The van der Waals surface area contributed by atoms with Crippen LogP contribution >= 0.6 is 0 Å². The first-order chi connectivity index (χ1) is 9.23. The molecule has 1 aliphatic rings. The number of hydrogen-bond donors (Lipinski definition) is 2. The molecule has 20 heavy (non-hydrogen) atoms. The van der Waals surface area contributed by atoms with Crippen molar-refractivity contribution in [2.45, 2.75) is 57.1 Å². The smallest absolute Gasteiger partial charge is 0.242 e. The quantitative estimate of drug-likeness (QED) is 0.890. The van der Waals surface area contributed by atoms with Crippen LogP contribution in [-0.2, 0) is 23.7 Å². The Morgan fingerprint density at radius 3 is 2.75 bits per heavy atom. The highest BCUT2D eigenvalue weighted by Gasteiger charge is 2.31. The topological polar surface area (TPSA) is 71.3 Å². The molecule has 1 atom stereocenters. The summed E-state index contributed by atoms with van der Waals surface area (Å²) < 4.78 is 29.2. The molecule has 5 nitrogen and oxygen atoms in total. The van der Waals surface area contributed by atoms with Crippen molar-refractivity contribution in [1.29, 1.82) is 0 Å². The van der Waals surface area contributed by atoms with E-state index in [9.17, 15) is 8.42 Å². The Morgan fingerprint density at radius 2 is 2.20 bits per heavy atom. The summed E-state index contributed by atoms with van der Waals surface area (Å²) in [6.07, 6.45) is 5.50. The summed E-state index contributed by atoms with van der Waals surface area (Å²) in [6.45, 7) is 4.20. The average Bonchev–Trinajstić information content (AvgIpc) is 2.69. The predicted molar refractivity (Wildman–Crippen MR) is 77.7 cm³/mol. The van der Waals surface area contributed by atoms with Crippen LogP contribution in [0.4, 0.5) is 0 Å². The van der Waals surface area contributed by atoms with Crippen molar-refractivity contribution in [3.63, 3.8) is 0 Å². The van der Waals surface area contributed by atoms with Gasteiger partial charge in [-0.2, -0.15) is 0 Å². The third kappa shape index (κ3) is 3.42. The van der Waals surface area contributed by atoms with Gasteiger partial charge in [-0.05, 0) is 30.7 Å². The van der Waals surface area contributed by atoms with E-state index < -0.39 is 10.0 Å². The maximum atomic E-state index is 12.4. The van der Waals surface area contributed by atoms with E-state index in [4.69, 9.17) is 5.11 Å². The SMILES string of the molecule is Cn1cc(S(=O)(=O)NC2CCCC(C)(C)C2)cc1CO. The summed E-state index contributed by atoms with van der Waals surface area (Å²) in [5.74, 6) is 0. The second-order valence-electron chi connectivity index (χ2n) is 6.51. The van der Waals surface area contributed by atoms with E-state index in [1.807, 2.05) is 0 Å². The van der Waals surface area contributed by atoms with Gasteiger partial charge in [0.1, 0.15) is 0 Å². The van der Waals surface area contributed by atoms with Gasteiger partial charge in [-0.3, -0.25) is 0 Å². The number of aliphatic hydroxyl groups excluding tert-OH is 1. The Hall–Kier alpha value is -0.850. The minimum absolute atomic E-state index is 0.00142. The number of rotatable bonds is 4. The lowest BCUT2D eigenvalue weighted by Gasteiger charge is -2.35. The van der Waals surface area contributed by atoms with Crippen molar-refractivity contribution in [3.05, 3.63) is 18.0 Å². The number of nitrogens with one attached hydrogen (secondary N) is 1. The normalized spacial score (nSPS) is 22.9. The van der Waals surface area contributed by atoms with Crippen LogP contribution in [0.2, 0.25) is 0 Å². The fourth-order valence-electron chi connectivity index (χ4n) is 2.97. The Kier molecular flexibility index (Phi) is 4.27. The van der Waals surface area contributed by atoms with Crippen LogP contribution in [0.5, 0.6) is 0 Å². The lowest BCUT2D eigenvalue weighted by molar-refractivity contribution is 0.212. The standard InChI is InChI=1S/C14H24N2O3S/c1-14(2)6-4-5-11(8-14)15-20(18,19)13-7-12(10-17)16(3)9-13/h7,9,11,15,17H,4-6,8,10H2,1-3H3. The molecule has 1 saturated carbocycles. The summed E-state index contributed by atoms with van der Waals surface area (Å²) in [4.78, 5) is 0.229. The number of nitrogens with zero attached hydrogens (tertiary/aromatic N) is 1. The highest BCUT2D eigenvalue weighted by Crippen LogP contribution is 2.35. The number of hydrogen-bond acceptors (Lipinski definition) is 3. The minimum Gasteiger partial charge on any atom is -0.390 e. The van der Waals surface area contributed by atoms with Gasteiger partial charge in [-0.1, -0.05) is 20.3 Å². The largest absolute Gasteiger partial charge is 0.390 e. The lowest BCUT2D eigenvalue weighted by atomic mass is 9.75. The summed E-state index contributed by atoms with van der Waals surface area (Å²) in [5.41, 5.74) is 0.785. The first kappa shape index (κ1) is 15.5. The molecule has 0 radical (unpaired) electrons. The van der Waals surface area contributed by atoms with E-state index in [1.165, 1.54) is 6.07 Å². The molecule has 1 aromatic rings. The molecule has 0 aromatic carbocycles. The maximum Gasteiger partial charge on any atom is 0.242 e. The molecule has 0 bridgehead atoms. The highest BCUT2D eigenvalue weighted by atomic mass is 32.2. The van der Waals surface area contributed by atoms with E-state index in [-0.39, 0.29) is 23.0 Å². The van der Waals surface area contributed by atoms with Crippen molar-refractivity contribution in [3.8, 4) is 0 Å². The highest BCUT2D eigenvalue weighted by molar-refractivity contribution is 7.89. The number of sulfonamides is 1. The van der Waals surface area contributed by atoms with Crippen LogP contribution in [0.3, 0.4) is 0 Å². The molecule has 2 N–H and O–H groups in total. The zero-order chi connectivity index (χ0) is 15.0. The van der Waals surface area contributed by atoms with E-state index in [0.717, 1.165) is 25.7 Å². The van der Waals surface area contributed by atoms with Gasteiger partial charge < -0.3 is 9.67 Å². The van der Waals surface area contributed by atoms with Crippen LogP contribution in [0, 0.1) is 5.41 Å². The fourth-order valence-corrected chi connectivity index (χ4v) is 4.33. The number of aromatic nitrogens is 1. The van der Waals surface area contributed by atoms with Gasteiger partial charge in [0.05, 0.1) is 11.5 Å². The first-order valence-corrected chi connectivity index (χ1v) is 8.50. The van der Waals surface area contributed by atoms with Gasteiger partial charge in [0.15, 0.2) is 0 Å². The van der Waals surface area contributed by atoms with E-state index >= 15 is 0 Å². The molecular weight excluding hydrogens is 276 g/mol. The zero-order valence-corrected chi connectivity index (χ0v) is 13.2. The van der Waals surface area contributed by atoms with Crippen molar-refractivity contribution in [2.75, 3.05) is 0 Å². The minimum atomic E-state index is -3.50. The van der Waals surface area contributed by atoms with Crippen LogP contribution in [-0.4, -0.2) is 24.1 Å². The van der Waals surface area contributed by atoms with E-state index in [0.29, 0.717) is 5.69 Å². The zero-order valence-electron chi connectivity index (χ0n) is 12.4. The van der Waals surface area contributed by atoms with Crippen molar-refractivity contribution in [1.82, 2.24) is 9.29 Å². The molecule has 114 valence electrons. The molecule has 1 fully saturated rings. The molecule has 0 amide bonds. The molecule has 6 heteroatoms. The molecule has 1 aliphatic carbocycles. The monoisotopic (exact) mass is 300 g/mol. The first-order valence-electron chi connectivity index (χ1n) is 7.02. The number of aryl methyl sites for hydroxylation is 1. The molecule has 0 aliphatic heterocycles. The summed E-state index contributed by atoms with van der Waals surface area (Å²) in [6, 6.07) is 1.53. The Labute approximate surface area is 121 Å². The third-order valence-electron chi connectivity index (χ3n) is 4.08. The van der Waals surface area contributed by atoms with Gasteiger partial charge in [-0.25, -0.2) is 13.1 Å². The Bertz CT molecular complexity index is 575. The van der Waals surface area contributed by atoms with Crippen LogP contribution in [0.15, 0.2) is 17.2 Å². The lowest BCUT2D eigenvalue weighted by Crippen LogP contribution is -2.40. The summed E-state index contributed by atoms with van der Waals surface area (Å²) >= 11 is 0. The molecular formula is C14H24N2O3S. The number of aliphatic hydroxyl groups is 1. The van der Waals surface area contributed by atoms with Gasteiger partial charge in [-0.15, -0.1) is 0 Å². The average molecular weight is 300 g/mol. The van der Waals surface area contributed by atoms with Gasteiger partial charge in [0.2, 0.25) is 10.0 Å². The Morgan fingerprint density at radius 1 is 1.50 bits per heavy atom. The summed E-state index contributed by atoms with van der Waals surface area (Å²) in [7, 11) is -1.77. The second kappa shape index (κ2) is 5.50. The van der Waals surface area contributed by atoms with Crippen LogP contribution < -0.4 is 4.72 Å². The summed E-state index contributed by atoms with van der Waals surface area (Å²) in [5, 5.41) is 9.15. The third-order valence-corrected chi connectivity index (χ3v) is 5.57. The van der Waals surface area contributed by atoms with Crippen LogP contribution in [0.1, 0.15) is 45.2 Å². The maximum absolute atomic E-state index is 12.4. The molecule has 1 unspecified atom stereocenters. The molecule has 1 aromatic heterocycles.